The topological polar surface area (TPSA) is 115 Å². The molecule has 0 radical (unpaired) electrons. The van der Waals surface area contributed by atoms with Gasteiger partial charge in [0.1, 0.15) is 0 Å². The number of rotatable bonds is 2. The minimum absolute atomic E-state index is 0.245. The second-order valence-corrected chi connectivity index (χ2v) is 4.58. The number of hydrogen-bond acceptors (Lipinski definition) is 6. The molecule has 0 atom stereocenters. The Bertz CT molecular complexity index is 507. The fourth-order valence-corrected chi connectivity index (χ4v) is 1.80. The lowest BCUT2D eigenvalue weighted by molar-refractivity contribution is -0.114. The summed E-state index contributed by atoms with van der Waals surface area (Å²) in [6, 6.07) is 0. The van der Waals surface area contributed by atoms with Crippen molar-refractivity contribution >= 4 is 32.4 Å². The van der Waals surface area contributed by atoms with E-state index in [1.165, 1.54) is 0 Å². The lowest BCUT2D eigenvalue weighted by atomic mass is 10.9. The van der Waals surface area contributed by atoms with Crippen molar-refractivity contribution in [2.24, 2.45) is 5.14 Å². The Morgan fingerprint density at radius 1 is 1.69 bits per heavy atom. The summed E-state index contributed by atoms with van der Waals surface area (Å²) in [6.45, 7) is -2.84. The number of carbonyl (C=O) groups is 1. The maximum absolute atomic E-state index is 11.0. The summed E-state index contributed by atoms with van der Waals surface area (Å²) < 4.78 is 41.3. The molecule has 0 fully saturated rings. The Kier molecular flexibility index (Phi) is 1.65. The van der Waals surface area contributed by atoms with Crippen molar-refractivity contribution in [1.29, 1.82) is 0 Å². The number of carbonyl (C=O) groups excluding carboxylic acids is 1. The van der Waals surface area contributed by atoms with Gasteiger partial charge in [0.15, 0.2) is 0 Å². The van der Waals surface area contributed by atoms with Crippen molar-refractivity contribution in [3.05, 3.63) is 0 Å². The Balaban J connectivity index is 2.86. The predicted octanol–water partition coefficient (Wildman–Crippen LogP) is -0.856. The molecule has 7 nitrogen and oxygen atoms in total. The van der Waals surface area contributed by atoms with Gasteiger partial charge >= 0.3 is 0 Å². The van der Waals surface area contributed by atoms with Gasteiger partial charge < -0.3 is 5.32 Å². The van der Waals surface area contributed by atoms with E-state index in [0.29, 0.717) is 11.3 Å². The highest BCUT2D eigenvalue weighted by Crippen LogP contribution is 2.17. The first-order chi connectivity index (χ1) is 7.10. The molecule has 3 N–H and O–H groups in total. The number of nitrogens with two attached hydrogens (primary N) is 1. The van der Waals surface area contributed by atoms with Crippen LogP contribution in [0.4, 0.5) is 5.13 Å². The molecule has 0 aliphatic heterocycles. The van der Waals surface area contributed by atoms with Gasteiger partial charge in [-0.1, -0.05) is 11.3 Å². The van der Waals surface area contributed by atoms with Crippen LogP contribution in [0.15, 0.2) is 4.34 Å². The standard InChI is InChI=1S/C4H6N4O3S2/c1-2(9)6-3-7-8-4(12-3)13(5,10)11/h1H3,(H2,5,10,11)(H,6,7,9)/i1+1D3. The van der Waals surface area contributed by atoms with Gasteiger partial charge in [-0.05, 0) is 0 Å². The predicted molar refractivity (Wildman–Crippen MR) is 45.6 cm³/mol. The lowest BCUT2D eigenvalue weighted by Gasteiger charge is -1.90. The highest BCUT2D eigenvalue weighted by Gasteiger charge is 2.15. The number of sulfonamides is 1. The summed E-state index contributed by atoms with van der Waals surface area (Å²) in [5.41, 5.74) is 0. The molecule has 9 heteroatoms. The van der Waals surface area contributed by atoms with Crippen LogP contribution in [-0.4, -0.2) is 24.5 Å². The Hall–Kier alpha value is -1.06. The number of primary sulfonamides is 1. The van der Waals surface area contributed by atoms with Crippen LogP contribution in [0.5, 0.6) is 0 Å². The number of aromatic nitrogens is 2. The largest absolute Gasteiger partial charge is 0.301 e. The first-order valence-electron chi connectivity index (χ1n) is 4.28. The molecule has 1 heterocycles. The summed E-state index contributed by atoms with van der Waals surface area (Å²) in [5.74, 6) is -1.27. The van der Waals surface area contributed by atoms with Crippen LogP contribution >= 0.6 is 11.3 Å². The lowest BCUT2D eigenvalue weighted by Crippen LogP contribution is -2.11. The first kappa shape index (κ1) is 6.40. The van der Waals surface area contributed by atoms with Crippen molar-refractivity contribution < 1.29 is 17.3 Å². The third kappa shape index (κ3) is 2.72. The van der Waals surface area contributed by atoms with E-state index >= 15 is 0 Å². The van der Waals surface area contributed by atoms with Crippen LogP contribution in [-0.2, 0) is 14.8 Å². The van der Waals surface area contributed by atoms with E-state index in [1.54, 1.807) is 0 Å². The third-order valence-corrected chi connectivity index (χ3v) is 3.02. The van der Waals surface area contributed by atoms with Crippen molar-refractivity contribution in [2.75, 3.05) is 5.32 Å². The molecule has 0 aromatic carbocycles. The van der Waals surface area contributed by atoms with E-state index in [9.17, 15) is 13.2 Å². The van der Waals surface area contributed by atoms with Gasteiger partial charge in [-0.2, -0.15) is 0 Å². The average molecular weight is 226 g/mol. The molecule has 1 amide bonds. The van der Waals surface area contributed by atoms with Crippen LogP contribution in [0.3, 0.4) is 0 Å². The summed E-state index contributed by atoms with van der Waals surface area (Å²) in [7, 11) is -4.00. The molecule has 1 aromatic rings. The van der Waals surface area contributed by atoms with Crippen LogP contribution in [0.2, 0.25) is 0 Å². The first-order valence-corrected chi connectivity index (χ1v) is 5.15. The summed E-state index contributed by atoms with van der Waals surface area (Å²) >= 11 is 0.467. The van der Waals surface area contributed by atoms with Gasteiger partial charge in [0.25, 0.3) is 10.0 Å². The van der Waals surface area contributed by atoms with Gasteiger partial charge in [0, 0.05) is 11.0 Å². The zero-order valence-corrected chi connectivity index (χ0v) is 7.65. The van der Waals surface area contributed by atoms with Crippen molar-refractivity contribution in [2.45, 2.75) is 11.2 Å². The van der Waals surface area contributed by atoms with Crippen LogP contribution in [0, 0.1) is 0 Å². The Morgan fingerprint density at radius 3 is 2.85 bits per heavy atom. The quantitative estimate of drug-likeness (QED) is 0.503. The molecule has 0 unspecified atom stereocenters. The fraction of sp³-hybridized carbons (Fsp3) is 0.250. The van der Waals surface area contributed by atoms with Gasteiger partial charge in [-0.15, -0.1) is 10.2 Å². The normalized spacial score (nSPS) is 15.6. The zero-order valence-electron chi connectivity index (χ0n) is 9.01. The number of nitrogens with zero attached hydrogens (tertiary/aromatic N) is 2. The van der Waals surface area contributed by atoms with Crippen LogP contribution in [0.1, 0.15) is 11.0 Å². The maximum Gasteiger partial charge on any atom is 0.267 e. The molecular weight excluding hydrogens is 217 g/mol. The van der Waals surface area contributed by atoms with Gasteiger partial charge in [-0.3, -0.25) is 4.79 Å². The number of nitrogens with one attached hydrogen (secondary N) is 1. The summed E-state index contributed by atoms with van der Waals surface area (Å²) in [6.07, 6.45) is 0. The van der Waals surface area contributed by atoms with E-state index < -0.39 is 27.1 Å². The number of anilines is 1. The van der Waals surface area contributed by atoms with Crippen LogP contribution < -0.4 is 10.5 Å². The average Bonchev–Trinajstić information content (AvgIpc) is 2.49. The van der Waals surface area contributed by atoms with Gasteiger partial charge in [0.2, 0.25) is 15.4 Å². The summed E-state index contributed by atoms with van der Waals surface area (Å²) in [4.78, 5) is 11.0. The highest BCUT2D eigenvalue weighted by atomic mass is 32.2. The molecule has 0 bridgehead atoms. The zero-order chi connectivity index (χ0) is 12.6. The number of amides is 1. The smallest absolute Gasteiger partial charge is 0.267 e. The van der Waals surface area contributed by atoms with E-state index in [4.69, 9.17) is 9.25 Å². The number of hydrogen-bond donors (Lipinski definition) is 2. The van der Waals surface area contributed by atoms with Crippen molar-refractivity contribution in [3.8, 4) is 0 Å². The van der Waals surface area contributed by atoms with Crippen LogP contribution in [0.25, 0.3) is 0 Å². The minimum Gasteiger partial charge on any atom is -0.301 e. The van der Waals surface area contributed by atoms with Crippen molar-refractivity contribution in [3.63, 3.8) is 0 Å². The van der Waals surface area contributed by atoms with Gasteiger partial charge in [-0.25, -0.2) is 13.6 Å². The summed E-state index contributed by atoms with van der Waals surface area (Å²) in [5, 5.41) is 12.8. The van der Waals surface area contributed by atoms with E-state index in [2.05, 4.69) is 10.2 Å². The monoisotopic (exact) mass is 226 g/mol. The van der Waals surface area contributed by atoms with Gasteiger partial charge in [0.05, 0.1) is 0 Å². The minimum atomic E-state index is -4.00. The second-order valence-electron chi connectivity index (χ2n) is 1.87. The molecule has 0 saturated heterocycles. The van der Waals surface area contributed by atoms with E-state index in [1.807, 2.05) is 5.32 Å². The van der Waals surface area contributed by atoms with Crippen molar-refractivity contribution in [1.82, 2.24) is 10.2 Å². The fourth-order valence-electron chi connectivity index (χ4n) is 0.472. The molecule has 0 saturated carbocycles. The molecule has 72 valence electrons. The molecule has 1 rings (SSSR count). The molecule has 0 aliphatic rings. The molecular formula is C4H6N4O3S2. The third-order valence-electron chi connectivity index (χ3n) is 0.870. The molecule has 1 aromatic heterocycles. The Labute approximate surface area is 82.2 Å². The van der Waals surface area contributed by atoms with E-state index in [0.717, 1.165) is 0 Å². The molecule has 13 heavy (non-hydrogen) atoms. The second kappa shape index (κ2) is 3.36. The molecule has 0 aliphatic carbocycles. The van der Waals surface area contributed by atoms with E-state index in [-0.39, 0.29) is 5.13 Å². The molecule has 0 spiro atoms. The Morgan fingerprint density at radius 2 is 2.38 bits per heavy atom. The SMILES string of the molecule is [2H][13C]([2H])([2H])C(=O)Nc1nnc(S(N)(=O)=O)s1. The maximum atomic E-state index is 11.0. The highest BCUT2D eigenvalue weighted by molar-refractivity contribution is 7.91.